The van der Waals surface area contributed by atoms with E-state index in [9.17, 15) is 19.5 Å². The molecule has 0 bridgehead atoms. The van der Waals surface area contributed by atoms with Crippen LogP contribution in [0.25, 0.3) is 11.3 Å². The summed E-state index contributed by atoms with van der Waals surface area (Å²) < 4.78 is 9.36. The highest BCUT2D eigenvalue weighted by atomic mass is 16.5. The zero-order valence-corrected chi connectivity index (χ0v) is 26.0. The van der Waals surface area contributed by atoms with E-state index in [0.717, 1.165) is 10.1 Å². The SMILES string of the molecule is COc1ccc(C2C3=CCn4c(=O)n(-c5ccccc5)c(=O)n4C3CC3C(=O)C(c4ccccc4)=CC(=O)C32c2ccccc2)cc1O. The van der Waals surface area contributed by atoms with Gasteiger partial charge in [-0.25, -0.2) is 23.5 Å². The Balaban J connectivity index is 1.43. The van der Waals surface area contributed by atoms with Gasteiger partial charge < -0.3 is 9.84 Å². The molecule has 4 unspecified atom stereocenters. The first-order valence-electron chi connectivity index (χ1n) is 15.8. The molecule has 1 N–H and O–H groups in total. The van der Waals surface area contributed by atoms with Gasteiger partial charge in [-0.15, -0.1) is 0 Å². The molecular formula is C39H31N3O6. The van der Waals surface area contributed by atoms with Gasteiger partial charge in [0.15, 0.2) is 23.1 Å². The van der Waals surface area contributed by atoms with E-state index in [4.69, 9.17) is 4.74 Å². The van der Waals surface area contributed by atoms with E-state index in [1.54, 1.807) is 42.5 Å². The van der Waals surface area contributed by atoms with Crippen molar-refractivity contribution in [2.45, 2.75) is 30.3 Å². The van der Waals surface area contributed by atoms with Gasteiger partial charge in [0.25, 0.3) is 0 Å². The van der Waals surface area contributed by atoms with Gasteiger partial charge in [0, 0.05) is 17.4 Å². The van der Waals surface area contributed by atoms with Crippen molar-refractivity contribution >= 4 is 17.1 Å². The molecule has 4 atom stereocenters. The molecule has 4 aromatic carbocycles. The Kier molecular flexibility index (Phi) is 6.80. The Labute approximate surface area is 275 Å². The number of aromatic hydroxyl groups is 1. The molecule has 8 rings (SSSR count). The quantitative estimate of drug-likeness (QED) is 0.273. The van der Waals surface area contributed by atoms with Gasteiger partial charge in [-0.2, -0.15) is 0 Å². The van der Waals surface area contributed by atoms with Crippen LogP contribution < -0.4 is 16.1 Å². The van der Waals surface area contributed by atoms with Crippen molar-refractivity contribution in [3.05, 3.63) is 165 Å². The summed E-state index contributed by atoms with van der Waals surface area (Å²) in [5.41, 5.74) is 0.921. The van der Waals surface area contributed by atoms with Crippen molar-refractivity contribution < 1.29 is 19.4 Å². The lowest BCUT2D eigenvalue weighted by Crippen LogP contribution is -2.58. The largest absolute Gasteiger partial charge is 0.504 e. The van der Waals surface area contributed by atoms with Crippen molar-refractivity contribution in [2.24, 2.45) is 5.92 Å². The number of benzene rings is 4. The number of ether oxygens (including phenoxy) is 1. The number of carbonyl (C=O) groups excluding carboxylic acids is 2. The highest BCUT2D eigenvalue weighted by Crippen LogP contribution is 2.61. The number of hydrogen-bond donors (Lipinski definition) is 1. The third kappa shape index (κ3) is 4.10. The van der Waals surface area contributed by atoms with E-state index in [0.29, 0.717) is 28.0 Å². The van der Waals surface area contributed by atoms with E-state index in [-0.39, 0.29) is 36.0 Å². The molecule has 0 saturated heterocycles. The second-order valence-electron chi connectivity index (χ2n) is 12.4. The molecule has 2 aliphatic carbocycles. The molecule has 0 radical (unpaired) electrons. The van der Waals surface area contributed by atoms with Gasteiger partial charge in [-0.1, -0.05) is 91.0 Å². The fraction of sp³-hybridized carbons (Fsp3) is 0.179. The molecule has 9 heteroatoms. The summed E-state index contributed by atoms with van der Waals surface area (Å²) in [7, 11) is 1.46. The Morgan fingerprint density at radius 3 is 2.15 bits per heavy atom. The molecule has 0 spiro atoms. The minimum atomic E-state index is -1.41. The molecule has 238 valence electrons. The van der Waals surface area contributed by atoms with E-state index in [1.807, 2.05) is 72.8 Å². The third-order valence-corrected chi connectivity index (χ3v) is 10.2. The number of para-hydroxylation sites is 1. The smallest absolute Gasteiger partial charge is 0.352 e. The van der Waals surface area contributed by atoms with E-state index < -0.39 is 34.7 Å². The standard InChI is InChI=1S/C39H31N3O6/c1-48-33-18-17-25(21-32(33)43)35-28-19-20-40-37(46)41(27-15-9-4-10-16-27)38(47)42(40)31(28)23-30-36(45)29(24-11-5-2-6-12-24)22-34(44)39(30,35)26-13-7-3-8-14-26/h2-19,21-22,30-31,35,43H,20,23H2,1H3. The van der Waals surface area contributed by atoms with Gasteiger partial charge in [-0.05, 0) is 59.0 Å². The minimum absolute atomic E-state index is 0.0845. The summed E-state index contributed by atoms with van der Waals surface area (Å²) in [5, 5.41) is 11.0. The van der Waals surface area contributed by atoms with Crippen LogP contribution in [0, 0.1) is 5.92 Å². The van der Waals surface area contributed by atoms with Crippen LogP contribution in [0.4, 0.5) is 0 Å². The molecule has 3 aliphatic rings. The number of nitrogens with zero attached hydrogens (tertiary/aromatic N) is 3. The summed E-state index contributed by atoms with van der Waals surface area (Å²) in [6, 6.07) is 31.4. The topological polar surface area (TPSA) is 113 Å². The van der Waals surface area contributed by atoms with Gasteiger partial charge in [0.05, 0.1) is 30.8 Å². The summed E-state index contributed by atoms with van der Waals surface area (Å²) >= 11 is 0. The maximum absolute atomic E-state index is 15.0. The number of ketones is 2. The summed E-state index contributed by atoms with van der Waals surface area (Å²) in [4.78, 5) is 58.0. The fourth-order valence-corrected chi connectivity index (χ4v) is 8.20. The average Bonchev–Trinajstić information content (AvgIpc) is 3.38. The molecule has 1 saturated carbocycles. The predicted octanol–water partition coefficient (Wildman–Crippen LogP) is 4.97. The van der Waals surface area contributed by atoms with E-state index >= 15 is 4.79 Å². The van der Waals surface area contributed by atoms with Crippen molar-refractivity contribution in [2.75, 3.05) is 7.11 Å². The number of fused-ring (bicyclic) bond motifs is 4. The highest BCUT2D eigenvalue weighted by molar-refractivity contribution is 6.31. The number of rotatable bonds is 5. The average molecular weight is 638 g/mol. The normalized spacial score (nSPS) is 23.0. The zero-order chi connectivity index (χ0) is 33.2. The van der Waals surface area contributed by atoms with Crippen LogP contribution in [-0.2, 0) is 21.5 Å². The molecule has 9 nitrogen and oxygen atoms in total. The first-order valence-corrected chi connectivity index (χ1v) is 15.8. The van der Waals surface area contributed by atoms with Crippen LogP contribution in [0.1, 0.15) is 35.1 Å². The lowest BCUT2D eigenvalue weighted by atomic mass is 9.47. The van der Waals surface area contributed by atoms with Crippen molar-refractivity contribution in [3.63, 3.8) is 0 Å². The Bertz CT molecular complexity index is 2280. The second-order valence-corrected chi connectivity index (χ2v) is 12.4. The maximum atomic E-state index is 15.0. The first-order chi connectivity index (χ1) is 23.4. The number of phenolic OH excluding ortho intramolecular Hbond substituents is 1. The Hall–Kier alpha value is -5.96. The van der Waals surface area contributed by atoms with Crippen LogP contribution in [0.15, 0.2) is 137 Å². The molecule has 1 fully saturated rings. The highest BCUT2D eigenvalue weighted by Gasteiger charge is 2.63. The van der Waals surface area contributed by atoms with Gasteiger partial charge >= 0.3 is 11.4 Å². The van der Waals surface area contributed by atoms with Crippen LogP contribution >= 0.6 is 0 Å². The lowest BCUT2D eigenvalue weighted by Gasteiger charge is -2.54. The van der Waals surface area contributed by atoms with Crippen molar-refractivity contribution in [1.29, 1.82) is 0 Å². The third-order valence-electron chi connectivity index (χ3n) is 10.2. The van der Waals surface area contributed by atoms with Crippen LogP contribution in [0.3, 0.4) is 0 Å². The zero-order valence-electron chi connectivity index (χ0n) is 26.0. The Morgan fingerprint density at radius 1 is 0.812 bits per heavy atom. The number of aromatic nitrogens is 3. The number of phenols is 1. The first kappa shape index (κ1) is 29.4. The number of Topliss-reactive ketones (excluding diaryl/α,β-unsaturated/α-hetero) is 1. The second kappa shape index (κ2) is 11.1. The summed E-state index contributed by atoms with van der Waals surface area (Å²) in [5.74, 6) is -2.02. The van der Waals surface area contributed by atoms with Gasteiger partial charge in [-0.3, -0.25) is 9.59 Å². The monoisotopic (exact) mass is 637 g/mol. The number of allylic oxidation sites excluding steroid dienone is 4. The molecule has 48 heavy (non-hydrogen) atoms. The van der Waals surface area contributed by atoms with Crippen molar-refractivity contribution in [1.82, 2.24) is 13.9 Å². The number of methoxy groups -OCH3 is 1. The fourth-order valence-electron chi connectivity index (χ4n) is 8.20. The van der Waals surface area contributed by atoms with Gasteiger partial charge in [0.1, 0.15) is 0 Å². The molecule has 5 aromatic rings. The summed E-state index contributed by atoms with van der Waals surface area (Å²) in [6.07, 6.45) is 3.48. The van der Waals surface area contributed by atoms with Crippen LogP contribution in [-0.4, -0.2) is 37.7 Å². The van der Waals surface area contributed by atoms with E-state index in [2.05, 4.69) is 0 Å². The molecular weight excluding hydrogens is 606 g/mol. The molecule has 1 aliphatic heterocycles. The predicted molar refractivity (Wildman–Crippen MR) is 179 cm³/mol. The Morgan fingerprint density at radius 2 is 1.48 bits per heavy atom. The van der Waals surface area contributed by atoms with Crippen LogP contribution in [0.2, 0.25) is 0 Å². The number of hydrogen-bond acceptors (Lipinski definition) is 6. The summed E-state index contributed by atoms with van der Waals surface area (Å²) in [6.45, 7) is 0.0845. The lowest BCUT2D eigenvalue weighted by molar-refractivity contribution is -0.133. The maximum Gasteiger partial charge on any atom is 0.352 e. The minimum Gasteiger partial charge on any atom is -0.504 e. The molecule has 0 amide bonds. The van der Waals surface area contributed by atoms with E-state index in [1.165, 1.54) is 22.5 Å². The molecule has 2 heterocycles. The van der Waals surface area contributed by atoms with Crippen LogP contribution in [0.5, 0.6) is 11.5 Å². The number of carbonyl (C=O) groups is 2. The molecule has 1 aromatic heterocycles. The van der Waals surface area contributed by atoms with Gasteiger partial charge in [0.2, 0.25) is 0 Å². The van der Waals surface area contributed by atoms with Crippen molar-refractivity contribution in [3.8, 4) is 17.2 Å².